The van der Waals surface area contributed by atoms with Crippen LogP contribution in [0.4, 0.5) is 13.2 Å². The van der Waals surface area contributed by atoms with Gasteiger partial charge in [-0.05, 0) is 11.8 Å². The summed E-state index contributed by atoms with van der Waals surface area (Å²) in [5.74, 6) is 0.291. The molecule has 0 N–H and O–H groups in total. The van der Waals surface area contributed by atoms with Crippen LogP contribution < -0.4 is 0 Å². The van der Waals surface area contributed by atoms with Gasteiger partial charge < -0.3 is 0 Å². The van der Waals surface area contributed by atoms with Crippen LogP contribution in [0, 0.1) is 0 Å². The van der Waals surface area contributed by atoms with Gasteiger partial charge in [0, 0.05) is 17.5 Å². The summed E-state index contributed by atoms with van der Waals surface area (Å²) in [4.78, 5) is 0. The Morgan fingerprint density at radius 1 is 1.50 bits per heavy atom. The van der Waals surface area contributed by atoms with Crippen LogP contribution >= 0.6 is 23.4 Å². The lowest BCUT2D eigenvalue weighted by Gasteiger charge is -2.04. The lowest BCUT2D eigenvalue weighted by atomic mass is 10.4. The average molecular weight is 245 g/mol. The lowest BCUT2D eigenvalue weighted by Crippen LogP contribution is -2.07. The molecule has 1 aromatic heterocycles. The summed E-state index contributed by atoms with van der Waals surface area (Å²) in [5.41, 5.74) is -3.36. The van der Waals surface area contributed by atoms with Crippen molar-refractivity contribution in [2.45, 2.75) is 17.9 Å². The Bertz CT molecular complexity index is 287. The number of nitrogens with zero attached hydrogens (tertiary/aromatic N) is 2. The zero-order chi connectivity index (χ0) is 10.6. The second kappa shape index (κ2) is 4.93. The maximum Gasteiger partial charge on any atom is 0.441 e. The number of halogens is 4. The number of aromatic nitrogens is 2. The molecule has 0 atom stereocenters. The van der Waals surface area contributed by atoms with Gasteiger partial charge in [-0.2, -0.15) is 18.3 Å². The first-order valence-electron chi connectivity index (χ1n) is 3.79. The highest BCUT2D eigenvalue weighted by Gasteiger charge is 2.27. The zero-order valence-corrected chi connectivity index (χ0v) is 8.66. The third-order valence-corrected chi connectivity index (χ3v) is 2.45. The quantitative estimate of drug-likeness (QED) is 0.758. The van der Waals surface area contributed by atoms with Gasteiger partial charge in [0.25, 0.3) is 0 Å². The molecule has 1 rings (SSSR count). The predicted octanol–water partition coefficient (Wildman–Crippen LogP) is 2.87. The van der Waals surface area contributed by atoms with Crippen molar-refractivity contribution in [2.24, 2.45) is 0 Å². The molecule has 0 aliphatic carbocycles. The number of rotatable bonds is 4. The SMILES string of the molecule is FC(F)(F)SCCn1cc(CCl)cn1. The first-order valence-corrected chi connectivity index (χ1v) is 5.31. The van der Waals surface area contributed by atoms with Crippen LogP contribution in [0.5, 0.6) is 0 Å². The van der Waals surface area contributed by atoms with Crippen molar-refractivity contribution in [1.82, 2.24) is 9.78 Å². The summed E-state index contributed by atoms with van der Waals surface area (Å²) in [6.45, 7) is 0.237. The van der Waals surface area contributed by atoms with E-state index in [0.29, 0.717) is 5.88 Å². The van der Waals surface area contributed by atoms with Crippen LogP contribution in [0.25, 0.3) is 0 Å². The van der Waals surface area contributed by atoms with E-state index >= 15 is 0 Å². The molecule has 0 saturated heterocycles. The third kappa shape index (κ3) is 4.23. The van der Waals surface area contributed by atoms with Crippen molar-refractivity contribution in [1.29, 1.82) is 0 Å². The topological polar surface area (TPSA) is 17.8 Å². The summed E-state index contributed by atoms with van der Waals surface area (Å²) in [7, 11) is 0. The molecule has 0 unspecified atom stereocenters. The smallest absolute Gasteiger partial charge is 0.272 e. The van der Waals surface area contributed by atoms with Gasteiger partial charge in [-0.25, -0.2) is 0 Å². The number of hydrogen-bond acceptors (Lipinski definition) is 2. The Labute approximate surface area is 88.4 Å². The van der Waals surface area contributed by atoms with E-state index in [9.17, 15) is 13.2 Å². The molecule has 0 bridgehead atoms. The van der Waals surface area contributed by atoms with Crippen LogP contribution in [0.15, 0.2) is 12.4 Å². The Hall–Kier alpha value is -0.360. The number of aryl methyl sites for hydroxylation is 1. The van der Waals surface area contributed by atoms with Crippen molar-refractivity contribution in [3.63, 3.8) is 0 Å². The highest BCUT2D eigenvalue weighted by molar-refractivity contribution is 8.00. The Morgan fingerprint density at radius 3 is 2.71 bits per heavy atom. The molecule has 0 aromatic carbocycles. The van der Waals surface area contributed by atoms with Crippen LogP contribution in [-0.2, 0) is 12.4 Å². The Morgan fingerprint density at radius 2 is 2.21 bits per heavy atom. The normalized spacial score (nSPS) is 12.0. The highest BCUT2D eigenvalue weighted by Crippen LogP contribution is 2.29. The molecule has 0 fully saturated rings. The standard InChI is InChI=1S/C7H8ClF3N2S/c8-3-6-4-12-13(5-6)1-2-14-7(9,10)11/h4-5H,1-3H2. The minimum atomic E-state index is -4.16. The van der Waals surface area contributed by atoms with Gasteiger partial charge in [-0.1, -0.05) is 0 Å². The molecule has 14 heavy (non-hydrogen) atoms. The van der Waals surface area contributed by atoms with E-state index in [-0.39, 0.29) is 24.1 Å². The highest BCUT2D eigenvalue weighted by atomic mass is 35.5. The van der Waals surface area contributed by atoms with E-state index in [4.69, 9.17) is 11.6 Å². The van der Waals surface area contributed by atoms with Crippen molar-refractivity contribution in [3.8, 4) is 0 Å². The van der Waals surface area contributed by atoms with Gasteiger partial charge >= 0.3 is 5.51 Å². The van der Waals surface area contributed by atoms with Gasteiger partial charge in [0.2, 0.25) is 0 Å². The van der Waals surface area contributed by atoms with E-state index in [1.807, 2.05) is 0 Å². The largest absolute Gasteiger partial charge is 0.441 e. The second-order valence-electron chi connectivity index (χ2n) is 2.54. The van der Waals surface area contributed by atoms with Crippen molar-refractivity contribution >= 4 is 23.4 Å². The van der Waals surface area contributed by atoms with E-state index < -0.39 is 5.51 Å². The van der Waals surface area contributed by atoms with E-state index in [1.165, 1.54) is 4.68 Å². The molecule has 1 heterocycles. The van der Waals surface area contributed by atoms with E-state index in [0.717, 1.165) is 5.56 Å². The molecule has 0 aliphatic rings. The fraction of sp³-hybridized carbons (Fsp3) is 0.571. The molecule has 1 aromatic rings. The summed E-state index contributed by atoms with van der Waals surface area (Å²) in [6.07, 6.45) is 3.19. The maximum absolute atomic E-state index is 11.7. The van der Waals surface area contributed by atoms with E-state index in [1.54, 1.807) is 12.4 Å². The minimum Gasteiger partial charge on any atom is -0.272 e. The number of alkyl halides is 4. The van der Waals surface area contributed by atoms with Crippen molar-refractivity contribution in [2.75, 3.05) is 5.75 Å². The molecular formula is C7H8ClF3N2S. The van der Waals surface area contributed by atoms with Crippen LogP contribution in [-0.4, -0.2) is 21.0 Å². The summed E-state index contributed by atoms with van der Waals surface area (Å²) < 4.78 is 36.7. The van der Waals surface area contributed by atoms with Crippen LogP contribution in [0.3, 0.4) is 0 Å². The van der Waals surface area contributed by atoms with E-state index in [2.05, 4.69) is 5.10 Å². The first-order chi connectivity index (χ1) is 6.51. The van der Waals surface area contributed by atoms with Gasteiger partial charge in [0.15, 0.2) is 0 Å². The minimum absolute atomic E-state index is 0.0348. The second-order valence-corrected chi connectivity index (χ2v) is 3.97. The molecule has 0 saturated carbocycles. The third-order valence-electron chi connectivity index (χ3n) is 1.43. The summed E-state index contributed by atoms with van der Waals surface area (Å²) in [5, 5.41) is 3.86. The van der Waals surface area contributed by atoms with Crippen molar-refractivity contribution < 1.29 is 13.2 Å². The van der Waals surface area contributed by atoms with Gasteiger partial charge in [-0.15, -0.1) is 11.6 Å². The summed E-state index contributed by atoms with van der Waals surface area (Å²) >= 11 is 5.46. The predicted molar refractivity (Wildman–Crippen MR) is 50.3 cm³/mol. The zero-order valence-electron chi connectivity index (χ0n) is 7.09. The molecule has 0 aliphatic heterocycles. The Balaban J connectivity index is 2.31. The monoisotopic (exact) mass is 244 g/mol. The molecule has 0 spiro atoms. The fourth-order valence-electron chi connectivity index (χ4n) is 0.853. The van der Waals surface area contributed by atoms with Gasteiger partial charge in [-0.3, -0.25) is 4.68 Å². The molecular weight excluding hydrogens is 237 g/mol. The van der Waals surface area contributed by atoms with Crippen molar-refractivity contribution in [3.05, 3.63) is 18.0 Å². The average Bonchev–Trinajstić information content (AvgIpc) is 2.50. The van der Waals surface area contributed by atoms with Crippen LogP contribution in [0.2, 0.25) is 0 Å². The molecule has 80 valence electrons. The van der Waals surface area contributed by atoms with Crippen LogP contribution in [0.1, 0.15) is 5.56 Å². The molecule has 0 radical (unpaired) electrons. The lowest BCUT2D eigenvalue weighted by molar-refractivity contribution is -0.0328. The number of hydrogen-bond donors (Lipinski definition) is 0. The Kier molecular flexibility index (Phi) is 4.12. The van der Waals surface area contributed by atoms with Gasteiger partial charge in [0.1, 0.15) is 0 Å². The summed E-state index contributed by atoms with van der Waals surface area (Å²) in [6, 6.07) is 0. The fourth-order valence-corrected chi connectivity index (χ4v) is 1.50. The number of thioether (sulfide) groups is 1. The first kappa shape index (κ1) is 11.7. The van der Waals surface area contributed by atoms with Gasteiger partial charge in [0.05, 0.1) is 18.6 Å². The molecule has 0 amide bonds. The maximum atomic E-state index is 11.7. The molecule has 7 heteroatoms. The molecule has 2 nitrogen and oxygen atoms in total.